The third-order valence-electron chi connectivity index (χ3n) is 3.96. The molecule has 0 bridgehead atoms. The molecule has 110 valence electrons. The van der Waals surface area contributed by atoms with Crippen LogP contribution in [0.15, 0.2) is 24.3 Å². The minimum Gasteiger partial charge on any atom is -0.480 e. The smallest absolute Gasteiger partial charge is 0.329 e. The molecule has 2 aromatic rings. The Balaban J connectivity index is 1.94. The molecule has 1 fully saturated rings. The molecule has 2 N–H and O–H groups in total. The molecule has 0 unspecified atom stereocenters. The highest BCUT2D eigenvalue weighted by atomic mass is 35.5. The summed E-state index contributed by atoms with van der Waals surface area (Å²) in [6.07, 6.45) is 2.56. The van der Waals surface area contributed by atoms with E-state index in [1.807, 2.05) is 24.3 Å². The zero-order valence-electron chi connectivity index (χ0n) is 11.2. The van der Waals surface area contributed by atoms with Crippen LogP contribution in [-0.4, -0.2) is 22.5 Å². The lowest BCUT2D eigenvalue weighted by atomic mass is 9.98. The topological polar surface area (TPSA) is 66.4 Å². The van der Waals surface area contributed by atoms with Gasteiger partial charge in [-0.1, -0.05) is 42.6 Å². The summed E-state index contributed by atoms with van der Waals surface area (Å²) >= 11 is 7.55. The molecular formula is C15H14ClNO3S. The van der Waals surface area contributed by atoms with E-state index in [1.165, 1.54) is 11.3 Å². The van der Waals surface area contributed by atoms with Gasteiger partial charge in [-0.3, -0.25) is 4.79 Å². The summed E-state index contributed by atoms with van der Waals surface area (Å²) in [5.74, 6) is -1.36. The van der Waals surface area contributed by atoms with Crippen LogP contribution in [0.1, 0.15) is 35.4 Å². The maximum atomic E-state index is 12.5. The van der Waals surface area contributed by atoms with E-state index in [0.717, 1.165) is 22.9 Å². The first kappa shape index (κ1) is 14.4. The number of fused-ring (bicyclic) bond motifs is 1. The number of carbonyl (C=O) groups is 2. The summed E-state index contributed by atoms with van der Waals surface area (Å²) in [4.78, 5) is 24.3. The van der Waals surface area contributed by atoms with Gasteiger partial charge in [0.1, 0.15) is 10.4 Å². The van der Waals surface area contributed by atoms with Crippen LogP contribution in [0.4, 0.5) is 0 Å². The van der Waals surface area contributed by atoms with Crippen molar-refractivity contribution in [2.75, 3.05) is 0 Å². The number of aliphatic carboxylic acids is 1. The number of benzene rings is 1. The second kappa shape index (κ2) is 5.31. The fourth-order valence-corrected chi connectivity index (χ4v) is 4.22. The molecule has 21 heavy (non-hydrogen) atoms. The Kier molecular flexibility index (Phi) is 3.63. The van der Waals surface area contributed by atoms with E-state index < -0.39 is 17.4 Å². The molecule has 1 amide bonds. The summed E-state index contributed by atoms with van der Waals surface area (Å²) < 4.78 is 0.920. The lowest BCUT2D eigenvalue weighted by Gasteiger charge is -2.25. The van der Waals surface area contributed by atoms with E-state index in [-0.39, 0.29) is 0 Å². The van der Waals surface area contributed by atoms with Gasteiger partial charge >= 0.3 is 5.97 Å². The van der Waals surface area contributed by atoms with Gasteiger partial charge in [-0.15, -0.1) is 11.3 Å². The quantitative estimate of drug-likeness (QED) is 0.905. The normalized spacial score (nSPS) is 17.0. The summed E-state index contributed by atoms with van der Waals surface area (Å²) in [6, 6.07) is 7.49. The molecule has 6 heteroatoms. The zero-order valence-corrected chi connectivity index (χ0v) is 12.8. The molecule has 0 spiro atoms. The van der Waals surface area contributed by atoms with Crippen molar-refractivity contribution in [3.05, 3.63) is 34.2 Å². The number of hydrogen-bond acceptors (Lipinski definition) is 3. The van der Waals surface area contributed by atoms with Gasteiger partial charge in [0.15, 0.2) is 0 Å². The van der Waals surface area contributed by atoms with Crippen molar-refractivity contribution in [1.82, 2.24) is 5.32 Å². The van der Waals surface area contributed by atoms with Gasteiger partial charge in [-0.05, 0) is 18.9 Å². The molecule has 1 aromatic heterocycles. The molecule has 0 saturated heterocycles. The van der Waals surface area contributed by atoms with Crippen molar-refractivity contribution < 1.29 is 14.7 Å². The highest BCUT2D eigenvalue weighted by molar-refractivity contribution is 7.21. The van der Waals surface area contributed by atoms with Crippen LogP contribution >= 0.6 is 22.9 Å². The Morgan fingerprint density at radius 2 is 1.90 bits per heavy atom. The molecule has 1 aliphatic carbocycles. The van der Waals surface area contributed by atoms with Crippen molar-refractivity contribution in [3.63, 3.8) is 0 Å². The van der Waals surface area contributed by atoms with E-state index in [0.29, 0.717) is 22.7 Å². The van der Waals surface area contributed by atoms with Crippen LogP contribution in [0.5, 0.6) is 0 Å². The van der Waals surface area contributed by atoms with Gasteiger partial charge < -0.3 is 10.4 Å². The number of halogens is 1. The van der Waals surface area contributed by atoms with Crippen LogP contribution in [0.25, 0.3) is 10.1 Å². The van der Waals surface area contributed by atoms with Crippen LogP contribution in [0, 0.1) is 0 Å². The zero-order chi connectivity index (χ0) is 15.0. The lowest BCUT2D eigenvalue weighted by molar-refractivity contribution is -0.144. The fraction of sp³-hybridized carbons (Fsp3) is 0.333. The predicted octanol–water partition coefficient (Wildman–Crippen LogP) is 3.68. The van der Waals surface area contributed by atoms with Crippen molar-refractivity contribution in [2.24, 2.45) is 0 Å². The largest absolute Gasteiger partial charge is 0.480 e. The Morgan fingerprint density at radius 3 is 2.52 bits per heavy atom. The number of carboxylic acids is 1. The van der Waals surface area contributed by atoms with Crippen molar-refractivity contribution in [2.45, 2.75) is 31.2 Å². The summed E-state index contributed by atoms with van der Waals surface area (Å²) in [6.45, 7) is 0. The maximum Gasteiger partial charge on any atom is 0.329 e. The van der Waals surface area contributed by atoms with Crippen LogP contribution in [0.3, 0.4) is 0 Å². The number of hydrogen-bond donors (Lipinski definition) is 2. The molecule has 1 heterocycles. The first-order valence-corrected chi connectivity index (χ1v) is 7.96. The fourth-order valence-electron chi connectivity index (χ4n) is 2.81. The molecule has 0 aliphatic heterocycles. The average Bonchev–Trinajstić information content (AvgIpc) is 3.05. The average molecular weight is 324 g/mol. The van der Waals surface area contributed by atoms with Crippen molar-refractivity contribution >= 4 is 44.9 Å². The molecule has 1 aliphatic rings. The molecule has 1 aromatic carbocycles. The maximum absolute atomic E-state index is 12.5. The molecular weight excluding hydrogens is 310 g/mol. The summed E-state index contributed by atoms with van der Waals surface area (Å²) in [5, 5.41) is 13.3. The van der Waals surface area contributed by atoms with Gasteiger partial charge in [0.05, 0.1) is 5.02 Å². The molecule has 3 rings (SSSR count). The lowest BCUT2D eigenvalue weighted by Crippen LogP contribution is -2.52. The van der Waals surface area contributed by atoms with Gasteiger partial charge in [0.2, 0.25) is 0 Å². The Hall–Kier alpha value is -1.59. The van der Waals surface area contributed by atoms with Crippen LogP contribution in [-0.2, 0) is 4.79 Å². The van der Waals surface area contributed by atoms with E-state index >= 15 is 0 Å². The number of thiophene rings is 1. The number of nitrogens with one attached hydrogen (secondary N) is 1. The standard InChI is InChI=1S/C15H14ClNO3S/c16-11-9-5-1-2-6-10(9)21-12(11)13(18)17-15(14(19)20)7-3-4-8-15/h1-2,5-6H,3-4,7-8H2,(H,17,18)(H,19,20). The molecule has 1 saturated carbocycles. The van der Waals surface area contributed by atoms with Gasteiger partial charge in [0, 0.05) is 10.1 Å². The van der Waals surface area contributed by atoms with Crippen molar-refractivity contribution in [3.8, 4) is 0 Å². The Bertz CT molecular complexity index is 719. The predicted molar refractivity (Wildman–Crippen MR) is 83.1 cm³/mol. The Morgan fingerprint density at radius 1 is 1.24 bits per heavy atom. The summed E-state index contributed by atoms with van der Waals surface area (Å²) in [7, 11) is 0. The monoisotopic (exact) mass is 323 g/mol. The molecule has 4 nitrogen and oxygen atoms in total. The first-order chi connectivity index (χ1) is 10.0. The number of rotatable bonds is 3. The first-order valence-electron chi connectivity index (χ1n) is 6.76. The number of carbonyl (C=O) groups excluding carboxylic acids is 1. The molecule has 0 atom stereocenters. The highest BCUT2D eigenvalue weighted by Gasteiger charge is 2.43. The minimum atomic E-state index is -1.14. The number of carboxylic acid groups (broad SMARTS) is 1. The van der Waals surface area contributed by atoms with E-state index in [9.17, 15) is 14.7 Å². The SMILES string of the molecule is O=C(NC1(C(=O)O)CCCC1)c1sc2ccccc2c1Cl. The third-order valence-corrected chi connectivity index (χ3v) is 5.63. The van der Waals surface area contributed by atoms with Crippen LogP contribution in [0.2, 0.25) is 5.02 Å². The second-order valence-electron chi connectivity index (χ2n) is 5.29. The minimum absolute atomic E-state index is 0.380. The van der Waals surface area contributed by atoms with Gasteiger partial charge in [-0.25, -0.2) is 4.79 Å². The van der Waals surface area contributed by atoms with Crippen molar-refractivity contribution in [1.29, 1.82) is 0 Å². The van der Waals surface area contributed by atoms with E-state index in [2.05, 4.69) is 5.32 Å². The van der Waals surface area contributed by atoms with Gasteiger partial charge in [0.25, 0.3) is 5.91 Å². The van der Waals surface area contributed by atoms with E-state index in [1.54, 1.807) is 0 Å². The number of amides is 1. The Labute approximate surface area is 130 Å². The van der Waals surface area contributed by atoms with Gasteiger partial charge in [-0.2, -0.15) is 0 Å². The highest BCUT2D eigenvalue weighted by Crippen LogP contribution is 2.36. The summed E-state index contributed by atoms with van der Waals surface area (Å²) in [5.41, 5.74) is -1.14. The second-order valence-corrected chi connectivity index (χ2v) is 6.72. The van der Waals surface area contributed by atoms with Crippen LogP contribution < -0.4 is 5.32 Å². The third kappa shape index (κ3) is 2.40. The molecule has 0 radical (unpaired) electrons. The van der Waals surface area contributed by atoms with E-state index in [4.69, 9.17) is 11.6 Å².